The lowest BCUT2D eigenvalue weighted by Crippen LogP contribution is -2.41. The fourth-order valence-electron chi connectivity index (χ4n) is 2.18. The summed E-state index contributed by atoms with van der Waals surface area (Å²) in [6, 6.07) is 3.12. The van der Waals surface area contributed by atoms with Crippen LogP contribution in [0.2, 0.25) is 38.3 Å². The Kier molecular flexibility index (Phi) is 4.87. The molecule has 1 unspecified atom stereocenters. The maximum Gasteiger partial charge on any atom is 0.108 e. The van der Waals surface area contributed by atoms with Crippen LogP contribution in [0.25, 0.3) is 0 Å². The molecule has 3 heteroatoms. The lowest BCUT2D eigenvalue weighted by atomic mass is 10.2. The lowest BCUT2D eigenvalue weighted by molar-refractivity contribution is 0.352. The van der Waals surface area contributed by atoms with Crippen molar-refractivity contribution in [1.82, 2.24) is 4.57 Å². The second-order valence-corrected chi connectivity index (χ2v) is 14.7. The van der Waals surface area contributed by atoms with Crippen LogP contribution in [0, 0.1) is 0 Å². The summed E-state index contributed by atoms with van der Waals surface area (Å²) in [6.45, 7) is 12.9. The van der Waals surface area contributed by atoms with Crippen molar-refractivity contribution in [1.29, 1.82) is 0 Å². The van der Waals surface area contributed by atoms with E-state index in [2.05, 4.69) is 30.8 Å². The van der Waals surface area contributed by atoms with E-state index < -0.39 is 17.0 Å². The van der Waals surface area contributed by atoms with Gasteiger partial charge in [-0.2, -0.15) is 0 Å². The summed E-state index contributed by atoms with van der Waals surface area (Å²) in [5, 5.41) is 0. The van der Waals surface area contributed by atoms with Crippen LogP contribution in [0.1, 0.15) is 19.3 Å². The minimum absolute atomic E-state index is 0.515. The molecule has 1 aliphatic rings. The molecule has 1 atom stereocenters. The SMILES string of the molecule is C[SiH](CC[Si](C)(C)C)N1CCCCC1. The monoisotopic (exact) mass is 229 g/mol. The van der Waals surface area contributed by atoms with Gasteiger partial charge < -0.3 is 4.57 Å². The summed E-state index contributed by atoms with van der Waals surface area (Å²) in [5.74, 6) is 0. The van der Waals surface area contributed by atoms with Crippen molar-refractivity contribution >= 4 is 17.0 Å². The zero-order chi connectivity index (χ0) is 10.6. The minimum atomic E-state index is -0.775. The highest BCUT2D eigenvalue weighted by atomic mass is 28.3. The van der Waals surface area contributed by atoms with E-state index in [9.17, 15) is 0 Å². The van der Waals surface area contributed by atoms with Crippen LogP contribution < -0.4 is 0 Å². The van der Waals surface area contributed by atoms with Gasteiger partial charge in [-0.3, -0.25) is 0 Å². The van der Waals surface area contributed by atoms with E-state index in [1.807, 2.05) is 0 Å². The molecule has 1 nitrogen and oxygen atoms in total. The zero-order valence-electron chi connectivity index (χ0n) is 10.5. The van der Waals surface area contributed by atoms with Gasteiger partial charge in [0.25, 0.3) is 0 Å². The fourth-order valence-corrected chi connectivity index (χ4v) is 8.93. The van der Waals surface area contributed by atoms with Crippen molar-refractivity contribution in [3.05, 3.63) is 0 Å². The van der Waals surface area contributed by atoms with E-state index in [0.29, 0.717) is 0 Å². The Morgan fingerprint density at radius 1 is 1.07 bits per heavy atom. The molecule has 0 aromatic heterocycles. The fraction of sp³-hybridized carbons (Fsp3) is 1.00. The van der Waals surface area contributed by atoms with Gasteiger partial charge in [0.2, 0.25) is 0 Å². The molecule has 1 aliphatic heterocycles. The predicted octanol–water partition coefficient (Wildman–Crippen LogP) is 3.16. The van der Waals surface area contributed by atoms with Crippen LogP contribution in [-0.2, 0) is 0 Å². The third-order valence-electron chi connectivity index (χ3n) is 3.33. The van der Waals surface area contributed by atoms with Crippen molar-refractivity contribution in [2.75, 3.05) is 13.1 Å². The number of piperidine rings is 1. The highest BCUT2D eigenvalue weighted by Gasteiger charge is 2.20. The zero-order valence-corrected chi connectivity index (χ0v) is 12.6. The largest absolute Gasteiger partial charge is 0.326 e. The Bertz CT molecular complexity index is 159. The molecule has 0 aliphatic carbocycles. The lowest BCUT2D eigenvalue weighted by Gasteiger charge is -2.32. The van der Waals surface area contributed by atoms with Gasteiger partial charge in [-0.15, -0.1) is 0 Å². The van der Waals surface area contributed by atoms with E-state index in [0.717, 1.165) is 0 Å². The minimum Gasteiger partial charge on any atom is -0.326 e. The summed E-state index contributed by atoms with van der Waals surface area (Å²) in [5.41, 5.74) is 0. The molecule has 0 N–H and O–H groups in total. The average Bonchev–Trinajstić information content (AvgIpc) is 2.14. The number of hydrogen-bond acceptors (Lipinski definition) is 1. The predicted molar refractivity (Wildman–Crippen MR) is 71.4 cm³/mol. The molecule has 1 saturated heterocycles. The maximum absolute atomic E-state index is 2.84. The van der Waals surface area contributed by atoms with Gasteiger partial charge >= 0.3 is 0 Å². The van der Waals surface area contributed by atoms with Crippen LogP contribution in [0.4, 0.5) is 0 Å². The second kappa shape index (κ2) is 5.47. The molecule has 0 saturated carbocycles. The maximum atomic E-state index is 2.84. The summed E-state index contributed by atoms with van der Waals surface area (Å²) < 4.78 is 2.84. The van der Waals surface area contributed by atoms with Gasteiger partial charge in [-0.1, -0.05) is 38.7 Å². The standard InChI is InChI=1S/C11H27NSi2/c1-13(10-11-14(2,3)4)12-8-6-5-7-9-12/h13H,5-11H2,1-4H3. The van der Waals surface area contributed by atoms with Gasteiger partial charge in [0.1, 0.15) is 8.96 Å². The average molecular weight is 230 g/mol. The first-order chi connectivity index (χ1) is 6.49. The van der Waals surface area contributed by atoms with Gasteiger partial charge in [0.05, 0.1) is 0 Å². The summed E-state index contributed by atoms with van der Waals surface area (Å²) in [7, 11) is -1.29. The van der Waals surface area contributed by atoms with E-state index in [1.54, 1.807) is 12.1 Å². The molecule has 0 radical (unpaired) electrons. The van der Waals surface area contributed by atoms with E-state index in [-0.39, 0.29) is 0 Å². The molecular weight excluding hydrogens is 202 g/mol. The molecule has 14 heavy (non-hydrogen) atoms. The third-order valence-corrected chi connectivity index (χ3v) is 8.58. The van der Waals surface area contributed by atoms with Crippen LogP contribution in [0.5, 0.6) is 0 Å². The molecule has 0 spiro atoms. The number of nitrogens with zero attached hydrogens (tertiary/aromatic N) is 1. The number of rotatable bonds is 4. The molecule has 0 aromatic rings. The first kappa shape index (κ1) is 12.5. The molecule has 1 heterocycles. The Labute approximate surface area is 92.6 Å². The molecule has 0 aromatic carbocycles. The highest BCUT2D eigenvalue weighted by molar-refractivity contribution is 6.77. The molecule has 1 rings (SSSR count). The quantitative estimate of drug-likeness (QED) is 0.670. The van der Waals surface area contributed by atoms with E-state index in [4.69, 9.17) is 0 Å². The molecule has 0 amide bonds. The van der Waals surface area contributed by atoms with Crippen LogP contribution in [0.3, 0.4) is 0 Å². The Hall–Kier alpha value is 0.394. The third kappa shape index (κ3) is 4.76. The first-order valence-corrected chi connectivity index (χ1v) is 12.4. The van der Waals surface area contributed by atoms with Crippen LogP contribution in [-0.4, -0.2) is 34.7 Å². The van der Waals surface area contributed by atoms with Gasteiger partial charge in [-0.25, -0.2) is 0 Å². The van der Waals surface area contributed by atoms with E-state index >= 15 is 0 Å². The Morgan fingerprint density at radius 3 is 2.14 bits per heavy atom. The molecule has 1 fully saturated rings. The molecular formula is C11H27NSi2. The van der Waals surface area contributed by atoms with Gasteiger partial charge in [-0.05, 0) is 32.0 Å². The van der Waals surface area contributed by atoms with Crippen LogP contribution in [0.15, 0.2) is 0 Å². The van der Waals surface area contributed by atoms with Crippen molar-refractivity contribution in [3.63, 3.8) is 0 Å². The Morgan fingerprint density at radius 2 is 1.64 bits per heavy atom. The first-order valence-electron chi connectivity index (χ1n) is 6.23. The van der Waals surface area contributed by atoms with Gasteiger partial charge in [0, 0.05) is 8.07 Å². The smallest absolute Gasteiger partial charge is 0.108 e. The van der Waals surface area contributed by atoms with Crippen molar-refractivity contribution < 1.29 is 0 Å². The topological polar surface area (TPSA) is 3.24 Å². The number of hydrogen-bond donors (Lipinski definition) is 0. The second-order valence-electron chi connectivity index (χ2n) is 6.04. The van der Waals surface area contributed by atoms with Crippen molar-refractivity contribution in [2.45, 2.75) is 57.5 Å². The van der Waals surface area contributed by atoms with Crippen molar-refractivity contribution in [2.24, 2.45) is 0 Å². The summed E-state index contributed by atoms with van der Waals surface area (Å²) in [6.07, 6.45) is 4.40. The highest BCUT2D eigenvalue weighted by Crippen LogP contribution is 2.18. The molecule has 84 valence electrons. The Balaban J connectivity index is 2.23. The molecule has 0 bridgehead atoms. The summed E-state index contributed by atoms with van der Waals surface area (Å²) in [4.78, 5) is 0. The summed E-state index contributed by atoms with van der Waals surface area (Å²) >= 11 is 0. The van der Waals surface area contributed by atoms with Gasteiger partial charge in [0.15, 0.2) is 0 Å². The normalized spacial score (nSPS) is 22.3. The van der Waals surface area contributed by atoms with Crippen LogP contribution >= 0.6 is 0 Å². The van der Waals surface area contributed by atoms with E-state index in [1.165, 1.54) is 32.4 Å². The van der Waals surface area contributed by atoms with Crippen molar-refractivity contribution in [3.8, 4) is 0 Å².